The smallest absolute Gasteiger partial charge is 0.0447 e. The fourth-order valence-corrected chi connectivity index (χ4v) is 1.32. The molecule has 1 aromatic carbocycles. The van der Waals surface area contributed by atoms with E-state index in [9.17, 15) is 0 Å². The van der Waals surface area contributed by atoms with E-state index in [0.717, 1.165) is 16.1 Å². The zero-order valence-corrected chi connectivity index (χ0v) is 8.36. The molecule has 0 atom stereocenters. The van der Waals surface area contributed by atoms with Gasteiger partial charge in [-0.25, -0.2) is 0 Å². The van der Waals surface area contributed by atoms with Crippen LogP contribution in [-0.2, 0) is 0 Å². The van der Waals surface area contributed by atoms with Gasteiger partial charge in [0.1, 0.15) is 0 Å². The molecular weight excluding hydrogens is 180 g/mol. The van der Waals surface area contributed by atoms with E-state index in [1.54, 1.807) is 0 Å². The molecule has 0 saturated heterocycles. The highest BCUT2D eigenvalue weighted by molar-refractivity contribution is 6.31. The maximum Gasteiger partial charge on any atom is 0.0447 e. The number of hydrogen-bond acceptors (Lipinski definition) is 0. The van der Waals surface area contributed by atoms with Crippen LogP contribution in [0.1, 0.15) is 24.0 Å². The van der Waals surface area contributed by atoms with Crippen LogP contribution in [0.3, 0.4) is 0 Å². The Balaban J connectivity index is 2.30. The summed E-state index contributed by atoms with van der Waals surface area (Å²) in [6.07, 6.45) is 2.54. The van der Waals surface area contributed by atoms with Crippen molar-refractivity contribution in [3.8, 4) is 11.8 Å². The summed E-state index contributed by atoms with van der Waals surface area (Å²) in [7, 11) is 0. The van der Waals surface area contributed by atoms with Crippen molar-refractivity contribution in [2.24, 2.45) is 5.92 Å². The Morgan fingerprint density at radius 3 is 2.85 bits per heavy atom. The second-order valence-corrected chi connectivity index (χ2v) is 3.86. The summed E-state index contributed by atoms with van der Waals surface area (Å²) in [6, 6.07) is 5.88. The van der Waals surface area contributed by atoms with Crippen LogP contribution < -0.4 is 0 Å². The number of rotatable bonds is 0. The lowest BCUT2D eigenvalue weighted by atomic mass is 10.1. The van der Waals surface area contributed by atoms with Crippen molar-refractivity contribution in [1.82, 2.24) is 0 Å². The first kappa shape index (κ1) is 8.66. The number of hydrogen-bond donors (Lipinski definition) is 0. The van der Waals surface area contributed by atoms with E-state index in [2.05, 4.69) is 11.8 Å². The monoisotopic (exact) mass is 190 g/mol. The van der Waals surface area contributed by atoms with Crippen molar-refractivity contribution in [2.45, 2.75) is 19.8 Å². The molecule has 1 fully saturated rings. The average molecular weight is 191 g/mol. The Bertz CT molecular complexity index is 378. The molecule has 0 aliphatic heterocycles. The minimum atomic E-state index is 0.651. The average Bonchev–Trinajstić information content (AvgIpc) is 2.91. The standard InChI is InChI=1S/C12H11Cl/c1-9-11(3-2-4-12(9)13)8-7-10-5-6-10/h2-4,10H,5-6H2,1H3. The minimum Gasteiger partial charge on any atom is -0.0945 e. The minimum absolute atomic E-state index is 0.651. The molecule has 66 valence electrons. The van der Waals surface area contributed by atoms with E-state index in [0.29, 0.717) is 5.92 Å². The summed E-state index contributed by atoms with van der Waals surface area (Å²) < 4.78 is 0. The Kier molecular flexibility index (Phi) is 2.29. The van der Waals surface area contributed by atoms with Crippen LogP contribution in [0.5, 0.6) is 0 Å². The molecule has 1 heteroatoms. The van der Waals surface area contributed by atoms with Gasteiger partial charge in [-0.2, -0.15) is 0 Å². The molecule has 0 radical (unpaired) electrons. The fourth-order valence-electron chi connectivity index (χ4n) is 1.15. The van der Waals surface area contributed by atoms with Crippen LogP contribution >= 0.6 is 11.6 Å². The molecule has 0 nitrogen and oxygen atoms in total. The molecule has 0 bridgehead atoms. The highest BCUT2D eigenvalue weighted by atomic mass is 35.5. The van der Waals surface area contributed by atoms with Gasteiger partial charge in [0.05, 0.1) is 0 Å². The molecule has 0 aromatic heterocycles. The van der Waals surface area contributed by atoms with Gasteiger partial charge < -0.3 is 0 Å². The van der Waals surface area contributed by atoms with Gasteiger partial charge in [-0.1, -0.05) is 29.5 Å². The first-order valence-corrected chi connectivity index (χ1v) is 4.92. The van der Waals surface area contributed by atoms with Gasteiger partial charge >= 0.3 is 0 Å². The van der Waals surface area contributed by atoms with Crippen LogP contribution in [0.25, 0.3) is 0 Å². The number of benzene rings is 1. The molecule has 2 rings (SSSR count). The van der Waals surface area contributed by atoms with E-state index < -0.39 is 0 Å². The van der Waals surface area contributed by atoms with Gasteiger partial charge in [-0.3, -0.25) is 0 Å². The lowest BCUT2D eigenvalue weighted by molar-refractivity contribution is 1.18. The summed E-state index contributed by atoms with van der Waals surface area (Å²) in [5, 5.41) is 0.808. The SMILES string of the molecule is Cc1c(Cl)cccc1C#CC1CC1. The van der Waals surface area contributed by atoms with Crippen LogP contribution in [0.4, 0.5) is 0 Å². The highest BCUT2D eigenvalue weighted by Gasteiger charge is 2.17. The zero-order chi connectivity index (χ0) is 9.26. The van der Waals surface area contributed by atoms with Gasteiger partial charge in [0.25, 0.3) is 0 Å². The summed E-state index contributed by atoms with van der Waals surface area (Å²) in [6.45, 7) is 2.01. The van der Waals surface area contributed by atoms with Gasteiger partial charge in [0, 0.05) is 16.5 Å². The molecule has 0 unspecified atom stereocenters. The summed E-state index contributed by atoms with van der Waals surface area (Å²) >= 11 is 5.98. The van der Waals surface area contributed by atoms with Crippen molar-refractivity contribution < 1.29 is 0 Å². The predicted molar refractivity (Wildman–Crippen MR) is 55.8 cm³/mol. The van der Waals surface area contributed by atoms with Crippen molar-refractivity contribution in [1.29, 1.82) is 0 Å². The highest BCUT2D eigenvalue weighted by Crippen LogP contribution is 2.28. The van der Waals surface area contributed by atoms with Gasteiger partial charge in [-0.15, -0.1) is 0 Å². The second kappa shape index (κ2) is 3.44. The maximum atomic E-state index is 5.98. The summed E-state index contributed by atoms with van der Waals surface area (Å²) in [4.78, 5) is 0. The summed E-state index contributed by atoms with van der Waals surface area (Å²) in [5.74, 6) is 7.06. The normalized spacial score (nSPS) is 14.9. The Morgan fingerprint density at radius 1 is 1.38 bits per heavy atom. The fraction of sp³-hybridized carbons (Fsp3) is 0.333. The van der Waals surface area contributed by atoms with E-state index in [1.807, 2.05) is 25.1 Å². The maximum absolute atomic E-state index is 5.98. The first-order chi connectivity index (χ1) is 6.27. The molecule has 1 aliphatic rings. The second-order valence-electron chi connectivity index (χ2n) is 3.46. The molecular formula is C12H11Cl. The lowest BCUT2D eigenvalue weighted by Gasteiger charge is -1.98. The predicted octanol–water partition coefficient (Wildman–Crippen LogP) is 3.41. The van der Waals surface area contributed by atoms with Crippen LogP contribution in [0.15, 0.2) is 18.2 Å². The third kappa shape index (κ3) is 2.05. The topological polar surface area (TPSA) is 0 Å². The van der Waals surface area contributed by atoms with Gasteiger partial charge in [0.2, 0.25) is 0 Å². The van der Waals surface area contributed by atoms with E-state index in [-0.39, 0.29) is 0 Å². The third-order valence-corrected chi connectivity index (χ3v) is 2.67. The van der Waals surface area contributed by atoms with Crippen LogP contribution in [0, 0.1) is 24.7 Å². The Labute approximate surface area is 83.9 Å². The quantitative estimate of drug-likeness (QED) is 0.550. The van der Waals surface area contributed by atoms with Crippen molar-refractivity contribution in [2.75, 3.05) is 0 Å². The van der Waals surface area contributed by atoms with Crippen molar-refractivity contribution >= 4 is 11.6 Å². The van der Waals surface area contributed by atoms with E-state index in [1.165, 1.54) is 12.8 Å². The largest absolute Gasteiger partial charge is 0.0945 e. The summed E-state index contributed by atoms with van der Waals surface area (Å²) in [5.41, 5.74) is 2.16. The molecule has 0 heterocycles. The van der Waals surface area contributed by atoms with Crippen molar-refractivity contribution in [3.63, 3.8) is 0 Å². The number of halogens is 1. The van der Waals surface area contributed by atoms with E-state index >= 15 is 0 Å². The van der Waals surface area contributed by atoms with Gasteiger partial charge in [0.15, 0.2) is 0 Å². The van der Waals surface area contributed by atoms with Crippen LogP contribution in [-0.4, -0.2) is 0 Å². The zero-order valence-electron chi connectivity index (χ0n) is 7.60. The Hall–Kier alpha value is -0.930. The molecule has 0 N–H and O–H groups in total. The molecule has 13 heavy (non-hydrogen) atoms. The molecule has 1 aromatic rings. The molecule has 0 amide bonds. The van der Waals surface area contributed by atoms with Crippen LogP contribution in [0.2, 0.25) is 5.02 Å². The molecule has 0 spiro atoms. The van der Waals surface area contributed by atoms with Crippen molar-refractivity contribution in [3.05, 3.63) is 34.3 Å². The lowest BCUT2D eigenvalue weighted by Crippen LogP contribution is -1.82. The Morgan fingerprint density at radius 2 is 2.15 bits per heavy atom. The first-order valence-electron chi connectivity index (χ1n) is 4.54. The molecule has 1 aliphatic carbocycles. The molecule has 1 saturated carbocycles. The van der Waals surface area contributed by atoms with E-state index in [4.69, 9.17) is 11.6 Å². The van der Waals surface area contributed by atoms with Gasteiger partial charge in [-0.05, 0) is 37.5 Å². The third-order valence-electron chi connectivity index (χ3n) is 2.26.